The van der Waals surface area contributed by atoms with Crippen molar-refractivity contribution in [1.29, 1.82) is 0 Å². The third-order valence-corrected chi connectivity index (χ3v) is 2.05. The molecule has 0 saturated carbocycles. The molecule has 80 valence electrons. The van der Waals surface area contributed by atoms with Gasteiger partial charge >= 0.3 is 0 Å². The number of hydrogen-bond acceptors (Lipinski definition) is 2. The van der Waals surface area contributed by atoms with Gasteiger partial charge in [-0.1, -0.05) is 13.8 Å². The molecular weight excluding hydrogens is 174 g/mol. The molecule has 0 aliphatic heterocycles. The molecule has 1 aromatic rings. The molecule has 0 aliphatic rings. The Kier molecular flexibility index (Phi) is 2.88. The molecule has 14 heavy (non-hydrogen) atoms. The molecule has 0 radical (unpaired) electrons. The molecule has 0 bridgehead atoms. The zero-order valence-corrected chi connectivity index (χ0v) is 9.83. The lowest BCUT2D eigenvalue weighted by atomic mass is 10.1. The maximum absolute atomic E-state index is 5.72. The van der Waals surface area contributed by atoms with Gasteiger partial charge in [0.15, 0.2) is 0 Å². The molecule has 3 heteroatoms. The lowest BCUT2D eigenvalue weighted by Gasteiger charge is -2.22. The van der Waals surface area contributed by atoms with Crippen LogP contribution < -0.4 is 5.73 Å². The summed E-state index contributed by atoms with van der Waals surface area (Å²) in [6, 6.07) is 1.98. The van der Waals surface area contributed by atoms with Gasteiger partial charge in [0.25, 0.3) is 0 Å². The van der Waals surface area contributed by atoms with Crippen molar-refractivity contribution in [3.8, 4) is 0 Å². The number of aromatic nitrogens is 2. The zero-order chi connectivity index (χ0) is 10.9. The van der Waals surface area contributed by atoms with E-state index in [0.717, 1.165) is 6.42 Å². The molecule has 0 saturated heterocycles. The maximum Gasteiger partial charge on any atom is 0.145 e. The van der Waals surface area contributed by atoms with Gasteiger partial charge in [-0.2, -0.15) is 5.10 Å². The molecule has 0 aromatic carbocycles. The van der Waals surface area contributed by atoms with Crippen LogP contribution in [0.5, 0.6) is 0 Å². The number of nitrogen functional groups attached to an aromatic ring is 1. The summed E-state index contributed by atoms with van der Waals surface area (Å²) >= 11 is 0. The second-order valence-corrected chi connectivity index (χ2v) is 5.24. The Morgan fingerprint density at radius 3 is 2.43 bits per heavy atom. The van der Waals surface area contributed by atoms with Gasteiger partial charge in [-0.05, 0) is 33.1 Å². The van der Waals surface area contributed by atoms with Gasteiger partial charge < -0.3 is 5.73 Å². The fourth-order valence-electron chi connectivity index (χ4n) is 1.58. The third-order valence-electron chi connectivity index (χ3n) is 2.05. The molecule has 1 heterocycles. The van der Waals surface area contributed by atoms with Crippen molar-refractivity contribution in [1.82, 2.24) is 9.78 Å². The Morgan fingerprint density at radius 1 is 1.43 bits per heavy atom. The van der Waals surface area contributed by atoms with Gasteiger partial charge in [-0.25, -0.2) is 0 Å². The minimum atomic E-state index is 0.0157. The Labute approximate surface area is 86.3 Å². The van der Waals surface area contributed by atoms with E-state index in [-0.39, 0.29) is 5.54 Å². The quantitative estimate of drug-likeness (QED) is 0.787. The highest BCUT2D eigenvalue weighted by Crippen LogP contribution is 2.20. The van der Waals surface area contributed by atoms with E-state index in [9.17, 15) is 0 Å². The van der Waals surface area contributed by atoms with Crippen LogP contribution in [-0.2, 0) is 12.0 Å². The first-order valence-corrected chi connectivity index (χ1v) is 5.15. The molecule has 0 aliphatic carbocycles. The van der Waals surface area contributed by atoms with Crippen molar-refractivity contribution in [2.24, 2.45) is 5.92 Å². The predicted octanol–water partition coefficient (Wildman–Crippen LogP) is 2.42. The van der Waals surface area contributed by atoms with Gasteiger partial charge in [-0.15, -0.1) is 0 Å². The first-order chi connectivity index (χ1) is 6.30. The zero-order valence-electron chi connectivity index (χ0n) is 9.83. The normalized spacial score (nSPS) is 12.4. The summed E-state index contributed by atoms with van der Waals surface area (Å²) in [6.07, 6.45) is 1.03. The van der Waals surface area contributed by atoms with Gasteiger partial charge in [0.1, 0.15) is 5.82 Å². The lowest BCUT2D eigenvalue weighted by Crippen LogP contribution is -2.26. The number of rotatable bonds is 2. The molecule has 0 spiro atoms. The van der Waals surface area contributed by atoms with Crippen molar-refractivity contribution >= 4 is 5.82 Å². The Bertz CT molecular complexity index is 305. The molecule has 0 fully saturated rings. The van der Waals surface area contributed by atoms with E-state index in [4.69, 9.17) is 5.73 Å². The molecule has 3 nitrogen and oxygen atoms in total. The highest BCUT2D eigenvalue weighted by Gasteiger charge is 2.19. The average Bonchev–Trinajstić information content (AvgIpc) is 2.28. The van der Waals surface area contributed by atoms with Crippen molar-refractivity contribution in [2.45, 2.75) is 46.6 Å². The first kappa shape index (κ1) is 11.1. The van der Waals surface area contributed by atoms with Crippen LogP contribution in [0.3, 0.4) is 0 Å². The monoisotopic (exact) mass is 195 g/mol. The fraction of sp³-hybridized carbons (Fsp3) is 0.727. The van der Waals surface area contributed by atoms with Crippen LogP contribution in [0.4, 0.5) is 5.82 Å². The Hall–Kier alpha value is -0.990. The topological polar surface area (TPSA) is 43.8 Å². The van der Waals surface area contributed by atoms with E-state index in [0.29, 0.717) is 11.7 Å². The Balaban J connectivity index is 3.03. The van der Waals surface area contributed by atoms with E-state index in [1.165, 1.54) is 5.69 Å². The highest BCUT2D eigenvalue weighted by molar-refractivity contribution is 5.30. The van der Waals surface area contributed by atoms with E-state index in [1.54, 1.807) is 0 Å². The van der Waals surface area contributed by atoms with Gasteiger partial charge in [0.2, 0.25) is 0 Å². The number of anilines is 1. The second-order valence-electron chi connectivity index (χ2n) is 5.24. The average molecular weight is 195 g/mol. The van der Waals surface area contributed by atoms with Crippen LogP contribution in [0, 0.1) is 5.92 Å². The number of hydrogen-bond donors (Lipinski definition) is 1. The van der Waals surface area contributed by atoms with E-state index in [2.05, 4.69) is 39.7 Å². The van der Waals surface area contributed by atoms with Crippen molar-refractivity contribution in [3.63, 3.8) is 0 Å². The van der Waals surface area contributed by atoms with Crippen molar-refractivity contribution in [2.75, 3.05) is 5.73 Å². The third kappa shape index (κ3) is 2.50. The summed E-state index contributed by atoms with van der Waals surface area (Å²) in [6.45, 7) is 10.8. The number of nitrogens with zero attached hydrogens (tertiary/aromatic N) is 2. The summed E-state index contributed by atoms with van der Waals surface area (Å²) in [5.74, 6) is 1.25. The summed E-state index contributed by atoms with van der Waals surface area (Å²) < 4.78 is 2.03. The highest BCUT2D eigenvalue weighted by atomic mass is 15.3. The molecule has 1 aromatic heterocycles. The molecule has 0 unspecified atom stereocenters. The van der Waals surface area contributed by atoms with E-state index < -0.39 is 0 Å². The van der Waals surface area contributed by atoms with Crippen LogP contribution in [0.2, 0.25) is 0 Å². The SMILES string of the molecule is CC(C)Cc1cc(N)nn1C(C)(C)C. The van der Waals surface area contributed by atoms with Crippen LogP contribution in [0.15, 0.2) is 6.07 Å². The second kappa shape index (κ2) is 3.64. The van der Waals surface area contributed by atoms with Crippen LogP contribution in [0.1, 0.15) is 40.3 Å². The van der Waals surface area contributed by atoms with Gasteiger partial charge in [-0.3, -0.25) is 4.68 Å². The summed E-state index contributed by atoms with van der Waals surface area (Å²) in [7, 11) is 0. The Morgan fingerprint density at radius 2 is 2.00 bits per heavy atom. The van der Waals surface area contributed by atoms with Crippen LogP contribution in [0.25, 0.3) is 0 Å². The van der Waals surface area contributed by atoms with Gasteiger partial charge in [0.05, 0.1) is 5.54 Å². The van der Waals surface area contributed by atoms with E-state index >= 15 is 0 Å². The standard InChI is InChI=1S/C11H21N3/c1-8(2)6-9-7-10(12)13-14(9)11(3,4)5/h7-8H,6H2,1-5H3,(H2,12,13). The first-order valence-electron chi connectivity index (χ1n) is 5.15. The number of nitrogens with two attached hydrogens (primary N) is 1. The summed E-state index contributed by atoms with van der Waals surface area (Å²) in [5, 5.41) is 4.33. The maximum atomic E-state index is 5.72. The largest absolute Gasteiger partial charge is 0.382 e. The molecule has 1 rings (SSSR count). The van der Waals surface area contributed by atoms with E-state index in [1.807, 2.05) is 10.7 Å². The van der Waals surface area contributed by atoms with Crippen LogP contribution in [-0.4, -0.2) is 9.78 Å². The van der Waals surface area contributed by atoms with Gasteiger partial charge in [0, 0.05) is 11.8 Å². The summed E-state index contributed by atoms with van der Waals surface area (Å²) in [5.41, 5.74) is 6.96. The van der Waals surface area contributed by atoms with Crippen molar-refractivity contribution in [3.05, 3.63) is 11.8 Å². The smallest absolute Gasteiger partial charge is 0.145 e. The minimum Gasteiger partial charge on any atom is -0.382 e. The van der Waals surface area contributed by atoms with Crippen LogP contribution >= 0.6 is 0 Å². The molecule has 2 N–H and O–H groups in total. The molecular formula is C11H21N3. The molecule has 0 amide bonds. The van der Waals surface area contributed by atoms with Crippen molar-refractivity contribution < 1.29 is 0 Å². The lowest BCUT2D eigenvalue weighted by molar-refractivity contribution is 0.339. The fourth-order valence-corrected chi connectivity index (χ4v) is 1.58. The summed E-state index contributed by atoms with van der Waals surface area (Å²) in [4.78, 5) is 0. The predicted molar refractivity (Wildman–Crippen MR) is 60.2 cm³/mol. The molecule has 0 atom stereocenters. The minimum absolute atomic E-state index is 0.0157.